The zero-order valence-electron chi connectivity index (χ0n) is 23.8. The van der Waals surface area contributed by atoms with Crippen molar-refractivity contribution >= 4 is 7.82 Å². The third-order valence-corrected chi connectivity index (χ3v) is 8.89. The van der Waals surface area contributed by atoms with Crippen molar-refractivity contribution in [3.05, 3.63) is 0 Å². The second kappa shape index (κ2) is 21.1. The molecule has 1 heterocycles. The molecular weight excluding hydrogens is 457 g/mol. The zero-order valence-corrected chi connectivity index (χ0v) is 24.7. The summed E-state index contributed by atoms with van der Waals surface area (Å²) in [6.45, 7) is 8.08. The van der Waals surface area contributed by atoms with Gasteiger partial charge < -0.3 is 9.38 Å². The van der Waals surface area contributed by atoms with Crippen LogP contribution in [0, 0.1) is 0 Å². The maximum atomic E-state index is 12.3. The van der Waals surface area contributed by atoms with E-state index in [4.69, 9.17) is 9.05 Å². The number of unbranched alkanes of at least 4 members (excludes halogenated alkanes) is 17. The van der Waals surface area contributed by atoms with Crippen LogP contribution >= 0.6 is 7.82 Å². The van der Waals surface area contributed by atoms with Crippen molar-refractivity contribution in [1.29, 1.82) is 0 Å². The van der Waals surface area contributed by atoms with Crippen LogP contribution in [0.2, 0.25) is 0 Å². The van der Waals surface area contributed by atoms with Crippen molar-refractivity contribution in [3.63, 3.8) is 0 Å². The van der Waals surface area contributed by atoms with Crippen LogP contribution in [-0.4, -0.2) is 48.8 Å². The largest absolute Gasteiger partial charge is 0.472 e. The van der Waals surface area contributed by atoms with Crippen LogP contribution in [0.4, 0.5) is 0 Å². The second-order valence-electron chi connectivity index (χ2n) is 11.4. The first-order valence-electron chi connectivity index (χ1n) is 15.4. The minimum absolute atomic E-state index is 0.144. The summed E-state index contributed by atoms with van der Waals surface area (Å²) in [6.07, 6.45) is 26.4. The minimum atomic E-state index is -3.93. The van der Waals surface area contributed by atoms with Gasteiger partial charge in [-0.3, -0.25) is 9.05 Å². The van der Waals surface area contributed by atoms with E-state index < -0.39 is 7.82 Å². The molecule has 0 radical (unpaired) electrons. The first kappa shape index (κ1) is 33.1. The van der Waals surface area contributed by atoms with Crippen LogP contribution in [0.15, 0.2) is 0 Å². The SMILES string of the molecule is CCCCCCCCCCCCCCCCCCOP(=O)(O)OC1CC[N+](C)(CCCCC)CC1. The van der Waals surface area contributed by atoms with Crippen LogP contribution in [0.25, 0.3) is 0 Å². The lowest BCUT2D eigenvalue weighted by Gasteiger charge is -2.40. The normalized spacial score (nSPS) is 22.3. The Morgan fingerprint density at radius 3 is 1.54 bits per heavy atom. The molecule has 0 amide bonds. The first-order valence-corrected chi connectivity index (χ1v) is 16.9. The third kappa shape index (κ3) is 18.9. The molecule has 1 aliphatic rings. The van der Waals surface area contributed by atoms with Crippen molar-refractivity contribution in [2.24, 2.45) is 0 Å². The van der Waals surface area contributed by atoms with E-state index in [1.54, 1.807) is 0 Å². The van der Waals surface area contributed by atoms with Crippen molar-refractivity contribution in [2.75, 3.05) is 33.3 Å². The molecule has 35 heavy (non-hydrogen) atoms. The van der Waals surface area contributed by atoms with E-state index >= 15 is 0 Å². The topological polar surface area (TPSA) is 55.8 Å². The Morgan fingerprint density at radius 2 is 1.09 bits per heavy atom. The van der Waals surface area contributed by atoms with E-state index in [0.29, 0.717) is 6.61 Å². The Bertz CT molecular complexity index is 523. The van der Waals surface area contributed by atoms with Crippen LogP contribution in [0.1, 0.15) is 149 Å². The summed E-state index contributed by atoms with van der Waals surface area (Å²) >= 11 is 0. The van der Waals surface area contributed by atoms with Crippen molar-refractivity contribution < 1.29 is 23.0 Å². The molecular formula is C29H61NO4P+. The van der Waals surface area contributed by atoms with Gasteiger partial charge in [0.15, 0.2) is 0 Å². The number of phosphoric acid groups is 1. The molecule has 1 aliphatic heterocycles. The molecule has 1 unspecified atom stereocenters. The standard InChI is InChI=1S/C29H60NO4P/c1-4-6-8-9-10-11-12-13-14-15-16-17-18-19-20-22-28-33-35(31,32)34-29-23-26-30(3,27-24-29)25-21-7-5-2/h29H,4-28H2,1-3H3/p+1. The first-order chi connectivity index (χ1) is 16.9. The van der Waals surface area contributed by atoms with E-state index in [2.05, 4.69) is 20.9 Å². The minimum Gasteiger partial charge on any atom is -0.326 e. The number of hydrogen-bond donors (Lipinski definition) is 1. The van der Waals surface area contributed by atoms with Crippen molar-refractivity contribution in [1.82, 2.24) is 0 Å². The Labute approximate surface area is 218 Å². The van der Waals surface area contributed by atoms with Gasteiger partial charge in [-0.05, 0) is 19.3 Å². The predicted octanol–water partition coefficient (Wildman–Crippen LogP) is 9.18. The van der Waals surface area contributed by atoms with Gasteiger partial charge in [-0.1, -0.05) is 117 Å². The molecule has 5 nitrogen and oxygen atoms in total. The van der Waals surface area contributed by atoms with Gasteiger partial charge >= 0.3 is 7.82 Å². The van der Waals surface area contributed by atoms with Crippen LogP contribution in [0.3, 0.4) is 0 Å². The summed E-state index contributed by atoms with van der Waals surface area (Å²) in [7, 11) is -1.62. The van der Waals surface area contributed by atoms with E-state index in [-0.39, 0.29) is 6.10 Å². The Hall–Kier alpha value is 0.0700. The number of rotatable bonds is 24. The Kier molecular flexibility index (Phi) is 19.9. The molecule has 0 aromatic heterocycles. The van der Waals surface area contributed by atoms with E-state index in [1.165, 1.54) is 116 Å². The van der Waals surface area contributed by atoms with Crippen LogP contribution in [0.5, 0.6) is 0 Å². The lowest BCUT2D eigenvalue weighted by molar-refractivity contribution is -0.915. The highest BCUT2D eigenvalue weighted by molar-refractivity contribution is 7.47. The van der Waals surface area contributed by atoms with Crippen molar-refractivity contribution in [2.45, 2.75) is 155 Å². The lowest BCUT2D eigenvalue weighted by atomic mass is 10.0. The average molecular weight is 519 g/mol. The average Bonchev–Trinajstić information content (AvgIpc) is 2.83. The smallest absolute Gasteiger partial charge is 0.326 e. The molecule has 0 aromatic carbocycles. The highest BCUT2D eigenvalue weighted by atomic mass is 31.2. The molecule has 1 fully saturated rings. The molecule has 0 aromatic rings. The fraction of sp³-hybridized carbons (Fsp3) is 1.00. The molecule has 1 N–H and O–H groups in total. The fourth-order valence-electron chi connectivity index (χ4n) is 5.29. The Morgan fingerprint density at radius 1 is 0.686 bits per heavy atom. The summed E-state index contributed by atoms with van der Waals surface area (Å²) in [5.41, 5.74) is 0. The Balaban J connectivity index is 1.91. The van der Waals surface area contributed by atoms with Gasteiger partial charge in [0, 0.05) is 12.8 Å². The highest BCUT2D eigenvalue weighted by Gasteiger charge is 2.34. The van der Waals surface area contributed by atoms with Crippen molar-refractivity contribution in [3.8, 4) is 0 Å². The molecule has 0 spiro atoms. The van der Waals surface area contributed by atoms with Crippen LogP contribution < -0.4 is 0 Å². The van der Waals surface area contributed by atoms with Gasteiger partial charge in [0.05, 0.1) is 39.4 Å². The monoisotopic (exact) mass is 518 g/mol. The number of piperidine rings is 1. The van der Waals surface area contributed by atoms with Gasteiger partial charge in [-0.25, -0.2) is 4.57 Å². The molecule has 1 atom stereocenters. The third-order valence-electron chi connectivity index (χ3n) is 7.82. The van der Waals surface area contributed by atoms with E-state index in [0.717, 1.165) is 43.3 Å². The molecule has 0 bridgehead atoms. The summed E-state index contributed by atoms with van der Waals surface area (Å²) in [6, 6.07) is 0. The summed E-state index contributed by atoms with van der Waals surface area (Å²) in [4.78, 5) is 10.1. The molecule has 210 valence electrons. The molecule has 6 heteroatoms. The van der Waals surface area contributed by atoms with Gasteiger partial charge in [-0.15, -0.1) is 0 Å². The van der Waals surface area contributed by atoms with Crippen LogP contribution in [-0.2, 0) is 13.6 Å². The number of hydrogen-bond acceptors (Lipinski definition) is 3. The van der Waals surface area contributed by atoms with E-state index in [9.17, 15) is 9.46 Å². The maximum Gasteiger partial charge on any atom is 0.472 e. The summed E-state index contributed by atoms with van der Waals surface area (Å²) in [5.74, 6) is 0. The number of quaternary nitrogens is 1. The molecule has 1 rings (SSSR count). The van der Waals surface area contributed by atoms with Gasteiger partial charge in [-0.2, -0.15) is 0 Å². The quantitative estimate of drug-likeness (QED) is 0.0786. The maximum absolute atomic E-state index is 12.3. The number of phosphoric ester groups is 1. The number of likely N-dealkylation sites (tertiary alicyclic amines) is 1. The number of nitrogens with zero attached hydrogens (tertiary/aromatic N) is 1. The fourth-order valence-corrected chi connectivity index (χ4v) is 6.30. The van der Waals surface area contributed by atoms with E-state index in [1.807, 2.05) is 0 Å². The summed E-state index contributed by atoms with van der Waals surface area (Å²) in [5, 5.41) is 0. The van der Waals surface area contributed by atoms with Gasteiger partial charge in [0.2, 0.25) is 0 Å². The van der Waals surface area contributed by atoms with Gasteiger partial charge in [0.25, 0.3) is 0 Å². The lowest BCUT2D eigenvalue weighted by Crippen LogP contribution is -2.51. The highest BCUT2D eigenvalue weighted by Crippen LogP contribution is 2.46. The summed E-state index contributed by atoms with van der Waals surface area (Å²) < 4.78 is 24.2. The van der Waals surface area contributed by atoms with Gasteiger partial charge in [0.1, 0.15) is 0 Å². The predicted molar refractivity (Wildman–Crippen MR) is 150 cm³/mol. The molecule has 0 aliphatic carbocycles. The molecule has 1 saturated heterocycles. The second-order valence-corrected chi connectivity index (χ2v) is 12.8. The molecule has 0 saturated carbocycles. The zero-order chi connectivity index (χ0) is 25.7.